The lowest BCUT2D eigenvalue weighted by Crippen LogP contribution is -2.29. The van der Waals surface area contributed by atoms with Crippen LogP contribution >= 0.6 is 0 Å². The molecular weight excluding hydrogens is 284 g/mol. The van der Waals surface area contributed by atoms with Crippen molar-refractivity contribution in [3.63, 3.8) is 0 Å². The van der Waals surface area contributed by atoms with Gasteiger partial charge in [0.05, 0.1) is 19.0 Å². The fourth-order valence-corrected chi connectivity index (χ4v) is 3.39. The molecule has 3 heterocycles. The maximum absolute atomic E-state index is 10.9. The maximum atomic E-state index is 10.9. The van der Waals surface area contributed by atoms with E-state index >= 15 is 0 Å². The van der Waals surface area contributed by atoms with E-state index in [-0.39, 0.29) is 0 Å². The van der Waals surface area contributed by atoms with Crippen LogP contribution in [0.5, 0.6) is 5.75 Å². The van der Waals surface area contributed by atoms with Crippen LogP contribution in [0.3, 0.4) is 0 Å². The van der Waals surface area contributed by atoms with Gasteiger partial charge in [-0.1, -0.05) is 0 Å². The monoisotopic (exact) mass is 300 g/mol. The third-order valence-corrected chi connectivity index (χ3v) is 4.61. The molecule has 0 bridgehead atoms. The number of nitrogens with zero attached hydrogens (tertiary/aromatic N) is 4. The summed E-state index contributed by atoms with van der Waals surface area (Å²) in [4.78, 5) is 16.7. The van der Waals surface area contributed by atoms with Crippen LogP contribution in [0, 0.1) is 11.8 Å². The first kappa shape index (κ1) is 13.1. The van der Waals surface area contributed by atoms with Crippen molar-refractivity contribution in [2.24, 2.45) is 11.8 Å². The summed E-state index contributed by atoms with van der Waals surface area (Å²) in [6, 6.07) is 5.70. The maximum Gasteiger partial charge on any atom is 0.407 e. The standard InChI is InChI=1S/C15H16N4O3/c1-22-9-2-3-13(16-6-9)19-5-4-12(17-19)14-10-7-18(15(20)21)8-11(10)14/h2-6,10-11,14H,7-8H2,1H3,(H,20,21)/t10-,11?,14?/m1/s1. The van der Waals surface area contributed by atoms with Crippen LogP contribution in [-0.2, 0) is 0 Å². The van der Waals surface area contributed by atoms with Crippen LogP contribution in [0.4, 0.5) is 4.79 Å². The van der Waals surface area contributed by atoms with E-state index in [1.165, 1.54) is 4.90 Å². The van der Waals surface area contributed by atoms with Gasteiger partial charge < -0.3 is 14.7 Å². The molecule has 114 valence electrons. The first-order valence-electron chi connectivity index (χ1n) is 7.21. The summed E-state index contributed by atoms with van der Waals surface area (Å²) in [7, 11) is 1.61. The molecule has 22 heavy (non-hydrogen) atoms. The average molecular weight is 300 g/mol. The van der Waals surface area contributed by atoms with Gasteiger partial charge in [-0.3, -0.25) is 0 Å². The molecule has 1 aliphatic heterocycles. The molecule has 2 aromatic rings. The largest absolute Gasteiger partial charge is 0.495 e. The van der Waals surface area contributed by atoms with Gasteiger partial charge in [0.15, 0.2) is 5.82 Å². The molecule has 1 saturated heterocycles. The summed E-state index contributed by atoms with van der Waals surface area (Å²) in [5, 5.41) is 13.6. The molecule has 1 aliphatic carbocycles. The summed E-state index contributed by atoms with van der Waals surface area (Å²) >= 11 is 0. The average Bonchev–Trinajstić information content (AvgIpc) is 2.95. The van der Waals surface area contributed by atoms with Crippen LogP contribution in [0.1, 0.15) is 11.6 Å². The third-order valence-electron chi connectivity index (χ3n) is 4.61. The number of ether oxygens (including phenoxy) is 1. The summed E-state index contributed by atoms with van der Waals surface area (Å²) in [6.07, 6.45) is 2.74. The van der Waals surface area contributed by atoms with Gasteiger partial charge in [0, 0.05) is 25.2 Å². The highest BCUT2D eigenvalue weighted by atomic mass is 16.5. The molecule has 7 heteroatoms. The Morgan fingerprint density at radius 1 is 1.32 bits per heavy atom. The number of methoxy groups -OCH3 is 1. The van der Waals surface area contributed by atoms with Crippen LogP contribution in [0.2, 0.25) is 0 Å². The number of carbonyl (C=O) groups is 1. The van der Waals surface area contributed by atoms with E-state index in [0.29, 0.717) is 36.6 Å². The molecule has 2 aliphatic rings. The van der Waals surface area contributed by atoms with Gasteiger partial charge in [-0.15, -0.1) is 0 Å². The second kappa shape index (κ2) is 4.72. The molecule has 1 saturated carbocycles. The van der Waals surface area contributed by atoms with Crippen molar-refractivity contribution in [3.05, 3.63) is 36.3 Å². The second-order valence-electron chi connectivity index (χ2n) is 5.78. The molecule has 1 amide bonds. The zero-order valence-corrected chi connectivity index (χ0v) is 12.1. The summed E-state index contributed by atoms with van der Waals surface area (Å²) < 4.78 is 6.84. The number of likely N-dealkylation sites (tertiary alicyclic amines) is 1. The van der Waals surface area contributed by atoms with E-state index < -0.39 is 6.09 Å². The van der Waals surface area contributed by atoms with Crippen molar-refractivity contribution in [1.29, 1.82) is 0 Å². The fraction of sp³-hybridized carbons (Fsp3) is 0.400. The second-order valence-corrected chi connectivity index (χ2v) is 5.78. The number of hydrogen-bond acceptors (Lipinski definition) is 4. The quantitative estimate of drug-likeness (QED) is 0.931. The molecule has 2 aromatic heterocycles. The topological polar surface area (TPSA) is 80.5 Å². The molecule has 4 rings (SSSR count). The fourth-order valence-electron chi connectivity index (χ4n) is 3.39. The Kier molecular flexibility index (Phi) is 2.82. The van der Waals surface area contributed by atoms with E-state index in [0.717, 1.165) is 11.5 Å². The first-order chi connectivity index (χ1) is 10.7. The zero-order valence-electron chi connectivity index (χ0n) is 12.1. The van der Waals surface area contributed by atoms with E-state index in [2.05, 4.69) is 10.1 Å². The summed E-state index contributed by atoms with van der Waals surface area (Å²) in [5.41, 5.74) is 1.03. The highest BCUT2D eigenvalue weighted by molar-refractivity contribution is 5.66. The van der Waals surface area contributed by atoms with Crippen molar-refractivity contribution in [1.82, 2.24) is 19.7 Å². The van der Waals surface area contributed by atoms with Crippen LogP contribution in [0.15, 0.2) is 30.6 Å². The Morgan fingerprint density at radius 2 is 2.09 bits per heavy atom. The number of hydrogen-bond donors (Lipinski definition) is 1. The van der Waals surface area contributed by atoms with Crippen molar-refractivity contribution < 1.29 is 14.6 Å². The molecular formula is C15H16N4O3. The number of pyridine rings is 1. The summed E-state index contributed by atoms with van der Waals surface area (Å²) in [6.45, 7) is 1.25. The smallest absolute Gasteiger partial charge is 0.407 e. The van der Waals surface area contributed by atoms with Crippen LogP contribution in [0.25, 0.3) is 5.82 Å². The van der Waals surface area contributed by atoms with E-state index in [1.54, 1.807) is 18.0 Å². The Bertz CT molecular complexity index is 700. The molecule has 7 nitrogen and oxygen atoms in total. The minimum atomic E-state index is -0.820. The Balaban J connectivity index is 1.48. The molecule has 0 radical (unpaired) electrons. The highest BCUT2D eigenvalue weighted by Gasteiger charge is 2.58. The Labute approximate surface area is 127 Å². The molecule has 0 spiro atoms. The minimum absolute atomic E-state index is 0.384. The zero-order chi connectivity index (χ0) is 15.3. The van der Waals surface area contributed by atoms with E-state index in [4.69, 9.17) is 9.84 Å². The van der Waals surface area contributed by atoms with E-state index in [9.17, 15) is 4.79 Å². The SMILES string of the molecule is COc1ccc(-n2ccc(C3C4CN(C(=O)O)C[C@H]43)n2)nc1. The number of carboxylic acid groups (broad SMARTS) is 1. The molecule has 2 unspecified atom stereocenters. The minimum Gasteiger partial charge on any atom is -0.495 e. The van der Waals surface area contributed by atoms with Gasteiger partial charge in [-0.05, 0) is 30.0 Å². The number of piperidine rings is 1. The predicted octanol–water partition coefficient (Wildman–Crippen LogP) is 1.60. The van der Waals surface area contributed by atoms with Crippen molar-refractivity contribution in [2.75, 3.05) is 20.2 Å². The lowest BCUT2D eigenvalue weighted by Gasteiger charge is -2.14. The molecule has 3 atom stereocenters. The summed E-state index contributed by atoms with van der Waals surface area (Å²) in [5.74, 6) is 2.67. The van der Waals surface area contributed by atoms with Crippen molar-refractivity contribution in [2.45, 2.75) is 5.92 Å². The van der Waals surface area contributed by atoms with Crippen LogP contribution in [-0.4, -0.2) is 51.1 Å². The number of fused-ring (bicyclic) bond motifs is 1. The Hall–Kier alpha value is -2.57. The number of amides is 1. The van der Waals surface area contributed by atoms with Crippen molar-refractivity contribution in [3.8, 4) is 11.6 Å². The molecule has 0 aromatic carbocycles. The first-order valence-corrected chi connectivity index (χ1v) is 7.21. The third kappa shape index (κ3) is 2.01. The molecule has 2 fully saturated rings. The normalized spacial score (nSPS) is 25.9. The number of aromatic nitrogens is 3. The van der Waals surface area contributed by atoms with Crippen molar-refractivity contribution >= 4 is 6.09 Å². The van der Waals surface area contributed by atoms with Gasteiger partial charge in [0.1, 0.15) is 5.75 Å². The lowest BCUT2D eigenvalue weighted by atomic mass is 10.2. The van der Waals surface area contributed by atoms with Gasteiger partial charge in [-0.2, -0.15) is 5.10 Å². The van der Waals surface area contributed by atoms with Gasteiger partial charge in [-0.25, -0.2) is 14.5 Å². The van der Waals surface area contributed by atoms with Crippen LogP contribution < -0.4 is 4.74 Å². The Morgan fingerprint density at radius 3 is 2.68 bits per heavy atom. The van der Waals surface area contributed by atoms with Gasteiger partial charge in [0.25, 0.3) is 0 Å². The van der Waals surface area contributed by atoms with Gasteiger partial charge >= 0.3 is 6.09 Å². The molecule has 1 N–H and O–H groups in total. The number of rotatable bonds is 3. The lowest BCUT2D eigenvalue weighted by molar-refractivity contribution is 0.150. The highest BCUT2D eigenvalue weighted by Crippen LogP contribution is 2.57. The van der Waals surface area contributed by atoms with Gasteiger partial charge in [0.2, 0.25) is 0 Å². The predicted molar refractivity (Wildman–Crippen MR) is 77.2 cm³/mol. The van der Waals surface area contributed by atoms with E-state index in [1.807, 2.05) is 24.4 Å².